The molecule has 7 heteroatoms. The number of nitrogens with one attached hydrogen (secondary N) is 1. The number of carbonyl (C=O) groups excluding carboxylic acids is 2. The van der Waals surface area contributed by atoms with Crippen LogP contribution in [0, 0.1) is 5.82 Å². The molecule has 3 aromatic rings. The molecule has 1 unspecified atom stereocenters. The van der Waals surface area contributed by atoms with Gasteiger partial charge in [-0.05, 0) is 41.3 Å². The Bertz CT molecular complexity index is 1100. The Hall–Kier alpha value is -2.83. The van der Waals surface area contributed by atoms with Crippen molar-refractivity contribution in [3.8, 4) is 0 Å². The van der Waals surface area contributed by atoms with E-state index < -0.39 is 6.04 Å². The van der Waals surface area contributed by atoms with E-state index in [1.807, 2.05) is 49.4 Å². The average Bonchev–Trinajstić information content (AvgIpc) is 2.87. The minimum atomic E-state index is -0.679. The van der Waals surface area contributed by atoms with Crippen molar-refractivity contribution in [3.63, 3.8) is 0 Å². The third-order valence-electron chi connectivity index (χ3n) is 5.53. The zero-order valence-electron chi connectivity index (χ0n) is 19.8. The molecule has 4 nitrogen and oxygen atoms in total. The summed E-state index contributed by atoms with van der Waals surface area (Å²) in [6.45, 7) is 2.80. The summed E-state index contributed by atoms with van der Waals surface area (Å²) in [6.07, 6.45) is 1.20. The number of hydrogen-bond donors (Lipinski definition) is 1. The van der Waals surface area contributed by atoms with Gasteiger partial charge in [0.2, 0.25) is 11.8 Å². The Kier molecular flexibility index (Phi) is 10.6. The fourth-order valence-electron chi connectivity index (χ4n) is 3.65. The predicted molar refractivity (Wildman–Crippen MR) is 142 cm³/mol. The Morgan fingerprint density at radius 3 is 2.34 bits per heavy atom. The molecular formula is C28H30ClFN2O2S. The van der Waals surface area contributed by atoms with Crippen molar-refractivity contribution < 1.29 is 14.0 Å². The van der Waals surface area contributed by atoms with Crippen molar-refractivity contribution in [1.82, 2.24) is 10.2 Å². The van der Waals surface area contributed by atoms with Gasteiger partial charge in [-0.15, -0.1) is 11.8 Å². The van der Waals surface area contributed by atoms with Crippen LogP contribution in [0.5, 0.6) is 0 Å². The van der Waals surface area contributed by atoms with E-state index in [1.165, 1.54) is 17.8 Å². The number of benzene rings is 3. The molecule has 0 aromatic heterocycles. The molecule has 0 aliphatic heterocycles. The van der Waals surface area contributed by atoms with E-state index in [4.69, 9.17) is 11.6 Å². The second kappa shape index (κ2) is 13.9. The van der Waals surface area contributed by atoms with Gasteiger partial charge in [0.25, 0.3) is 0 Å². The molecule has 3 rings (SSSR count). The maximum Gasteiger partial charge on any atom is 0.243 e. The summed E-state index contributed by atoms with van der Waals surface area (Å²) in [5.41, 5.74) is 2.40. The van der Waals surface area contributed by atoms with Crippen LogP contribution in [0.15, 0.2) is 78.9 Å². The standard InChI is InChI=1S/C28H30ClFN2O2S/c1-2-16-31-28(34)26(17-21-8-4-3-5-9-21)32(18-22-12-14-24(29)15-13-22)27(33)20-35-19-23-10-6-7-11-25(23)30/h3-15,26H,2,16-20H2,1H3,(H,31,34). The minimum Gasteiger partial charge on any atom is -0.354 e. The van der Waals surface area contributed by atoms with Gasteiger partial charge in [0, 0.05) is 30.3 Å². The lowest BCUT2D eigenvalue weighted by atomic mass is 10.0. The monoisotopic (exact) mass is 512 g/mol. The SMILES string of the molecule is CCCNC(=O)C(Cc1ccccc1)N(Cc1ccc(Cl)cc1)C(=O)CSCc1ccccc1F. The van der Waals surface area contributed by atoms with Crippen molar-refractivity contribution in [2.24, 2.45) is 0 Å². The van der Waals surface area contributed by atoms with Gasteiger partial charge in [-0.2, -0.15) is 0 Å². The first-order chi connectivity index (χ1) is 17.0. The highest BCUT2D eigenvalue weighted by atomic mass is 35.5. The Morgan fingerprint density at radius 2 is 1.66 bits per heavy atom. The highest BCUT2D eigenvalue weighted by Crippen LogP contribution is 2.20. The van der Waals surface area contributed by atoms with Gasteiger partial charge >= 0.3 is 0 Å². The van der Waals surface area contributed by atoms with E-state index in [2.05, 4.69) is 5.32 Å². The number of rotatable bonds is 12. The van der Waals surface area contributed by atoms with Crippen LogP contribution >= 0.6 is 23.4 Å². The van der Waals surface area contributed by atoms with Crippen LogP contribution in [0.3, 0.4) is 0 Å². The van der Waals surface area contributed by atoms with E-state index in [9.17, 15) is 14.0 Å². The number of hydrogen-bond acceptors (Lipinski definition) is 3. The normalized spacial score (nSPS) is 11.6. The third-order valence-corrected chi connectivity index (χ3v) is 6.75. The number of halogens is 2. The molecule has 1 atom stereocenters. The quantitative estimate of drug-likeness (QED) is 0.330. The Morgan fingerprint density at radius 1 is 0.971 bits per heavy atom. The first-order valence-corrected chi connectivity index (χ1v) is 13.2. The number of thioether (sulfide) groups is 1. The van der Waals surface area contributed by atoms with E-state index in [0.29, 0.717) is 29.3 Å². The van der Waals surface area contributed by atoms with E-state index >= 15 is 0 Å². The molecule has 0 radical (unpaired) electrons. The highest BCUT2D eigenvalue weighted by Gasteiger charge is 2.30. The molecule has 2 amide bonds. The fourth-order valence-corrected chi connectivity index (χ4v) is 4.68. The van der Waals surface area contributed by atoms with Crippen LogP contribution in [0.2, 0.25) is 5.02 Å². The van der Waals surface area contributed by atoms with Crippen molar-refractivity contribution in [1.29, 1.82) is 0 Å². The van der Waals surface area contributed by atoms with E-state index in [1.54, 1.807) is 35.2 Å². The predicted octanol–water partition coefficient (Wildman–Crippen LogP) is 5.88. The van der Waals surface area contributed by atoms with E-state index in [-0.39, 0.29) is 29.9 Å². The summed E-state index contributed by atoms with van der Waals surface area (Å²) in [5, 5.41) is 3.57. The molecule has 0 saturated carbocycles. The van der Waals surface area contributed by atoms with Gasteiger partial charge in [0.1, 0.15) is 11.9 Å². The summed E-state index contributed by atoms with van der Waals surface area (Å²) < 4.78 is 14.0. The van der Waals surface area contributed by atoms with Gasteiger partial charge in [0.15, 0.2) is 0 Å². The van der Waals surface area contributed by atoms with Gasteiger partial charge in [-0.1, -0.05) is 79.2 Å². The molecule has 0 saturated heterocycles. The third kappa shape index (κ3) is 8.41. The molecule has 3 aromatic carbocycles. The number of nitrogens with zero attached hydrogens (tertiary/aromatic N) is 1. The minimum absolute atomic E-state index is 0.133. The zero-order chi connectivity index (χ0) is 25.0. The number of amides is 2. The second-order valence-electron chi connectivity index (χ2n) is 8.23. The Labute approximate surface area is 215 Å². The molecular weight excluding hydrogens is 483 g/mol. The van der Waals surface area contributed by atoms with Crippen LogP contribution in [0.1, 0.15) is 30.0 Å². The lowest BCUT2D eigenvalue weighted by Crippen LogP contribution is -2.51. The largest absolute Gasteiger partial charge is 0.354 e. The summed E-state index contributed by atoms with van der Waals surface area (Å²) in [5.74, 6) is -0.135. The molecule has 184 valence electrons. The number of carbonyl (C=O) groups is 2. The fraction of sp³-hybridized carbons (Fsp3) is 0.286. The zero-order valence-corrected chi connectivity index (χ0v) is 21.3. The summed E-state index contributed by atoms with van der Waals surface area (Å²) in [6, 6.07) is 22.8. The molecule has 0 fully saturated rings. The van der Waals surface area contributed by atoms with Gasteiger partial charge in [-0.3, -0.25) is 9.59 Å². The lowest BCUT2D eigenvalue weighted by molar-refractivity contribution is -0.139. The summed E-state index contributed by atoms with van der Waals surface area (Å²) in [7, 11) is 0. The highest BCUT2D eigenvalue weighted by molar-refractivity contribution is 7.99. The van der Waals surface area contributed by atoms with Crippen LogP contribution < -0.4 is 5.32 Å². The molecule has 0 spiro atoms. The smallest absolute Gasteiger partial charge is 0.243 e. The van der Waals surface area contributed by atoms with Crippen LogP contribution in [-0.2, 0) is 28.3 Å². The molecule has 0 aliphatic carbocycles. The molecule has 1 N–H and O–H groups in total. The average molecular weight is 513 g/mol. The maximum absolute atomic E-state index is 14.0. The van der Waals surface area contributed by atoms with E-state index in [0.717, 1.165) is 17.5 Å². The van der Waals surface area contributed by atoms with Crippen LogP contribution in [-0.4, -0.2) is 35.1 Å². The van der Waals surface area contributed by atoms with Gasteiger partial charge in [0.05, 0.1) is 5.75 Å². The molecule has 0 aliphatic rings. The first-order valence-electron chi connectivity index (χ1n) is 11.6. The second-order valence-corrected chi connectivity index (χ2v) is 9.65. The van der Waals surface area contributed by atoms with Crippen molar-refractivity contribution in [2.75, 3.05) is 12.3 Å². The van der Waals surface area contributed by atoms with Crippen LogP contribution in [0.4, 0.5) is 4.39 Å². The van der Waals surface area contributed by atoms with Crippen molar-refractivity contribution in [2.45, 2.75) is 38.1 Å². The Balaban J connectivity index is 1.83. The lowest BCUT2D eigenvalue weighted by Gasteiger charge is -2.31. The van der Waals surface area contributed by atoms with Crippen molar-refractivity contribution >= 4 is 35.2 Å². The van der Waals surface area contributed by atoms with Crippen molar-refractivity contribution in [3.05, 3.63) is 106 Å². The molecule has 35 heavy (non-hydrogen) atoms. The molecule has 0 heterocycles. The summed E-state index contributed by atoms with van der Waals surface area (Å²) >= 11 is 7.39. The first kappa shape index (κ1) is 26.8. The van der Waals surface area contributed by atoms with Gasteiger partial charge < -0.3 is 10.2 Å². The van der Waals surface area contributed by atoms with Gasteiger partial charge in [-0.25, -0.2) is 4.39 Å². The van der Waals surface area contributed by atoms with Crippen LogP contribution in [0.25, 0.3) is 0 Å². The molecule has 0 bridgehead atoms. The summed E-state index contributed by atoms with van der Waals surface area (Å²) in [4.78, 5) is 28.4. The topological polar surface area (TPSA) is 49.4 Å². The maximum atomic E-state index is 14.0.